The van der Waals surface area contributed by atoms with Crippen LogP contribution in [0.15, 0.2) is 0 Å². The van der Waals surface area contributed by atoms with E-state index in [-0.39, 0.29) is 12.0 Å². The summed E-state index contributed by atoms with van der Waals surface area (Å²) in [5.41, 5.74) is -0.0740. The second kappa shape index (κ2) is 3.47. The maximum absolute atomic E-state index is 9.86. The Kier molecular flexibility index (Phi) is 3.59. The van der Waals surface area contributed by atoms with E-state index in [0.29, 0.717) is 0 Å². The van der Waals surface area contributed by atoms with Gasteiger partial charge in [0, 0.05) is 0 Å². The Bertz CT molecular complexity index is 76.8. The summed E-state index contributed by atoms with van der Waals surface area (Å²) >= 11 is 0. The van der Waals surface area contributed by atoms with Crippen molar-refractivity contribution in [2.24, 2.45) is 5.41 Å². The zero-order valence-electron chi connectivity index (χ0n) is 5.88. The highest BCUT2D eigenvalue weighted by molar-refractivity contribution is 7.36. The number of hydrogen-bond donors (Lipinski definition) is 0. The predicted molar refractivity (Wildman–Crippen MR) is 32.3 cm³/mol. The quantitative estimate of drug-likeness (QED) is 0.520. The fourth-order valence-electron chi connectivity index (χ4n) is 0.246. The number of rotatable bonds is 2. The van der Waals surface area contributed by atoms with E-state index in [0.717, 1.165) is 0 Å². The molecule has 0 saturated heterocycles. The lowest BCUT2D eigenvalue weighted by molar-refractivity contribution is -0.319. The summed E-state index contributed by atoms with van der Waals surface area (Å²) in [4.78, 5) is 19.7. The molecule has 0 unspecified atom stereocenters. The molecule has 0 bridgehead atoms. The maximum Gasteiger partial charge on any atom is 0.0524 e. The van der Waals surface area contributed by atoms with Crippen LogP contribution in [0.1, 0.15) is 20.8 Å². The van der Waals surface area contributed by atoms with Crippen molar-refractivity contribution in [2.45, 2.75) is 20.8 Å². The van der Waals surface area contributed by atoms with Gasteiger partial charge in [0.1, 0.15) is 0 Å². The first kappa shape index (κ1) is 9.31. The van der Waals surface area contributed by atoms with E-state index in [9.17, 15) is 9.79 Å². The normalized spacial score (nSPS) is 12.7. The Hall–Kier alpha value is 0.310. The van der Waals surface area contributed by atoms with Crippen molar-refractivity contribution in [1.82, 2.24) is 0 Å². The van der Waals surface area contributed by atoms with Crippen molar-refractivity contribution < 1.29 is 14.3 Å². The van der Waals surface area contributed by atoms with E-state index in [1.165, 1.54) is 0 Å². The molecule has 0 fully saturated rings. The topological polar surface area (TPSA) is 55.3 Å². The molecule has 56 valence electrons. The molecular weight excluding hydrogens is 139 g/mol. The molecule has 0 radical (unpaired) electrons. The Labute approximate surface area is 56.7 Å². The predicted octanol–water partition coefficient (Wildman–Crippen LogP) is -0.00340. The van der Waals surface area contributed by atoms with Crippen LogP contribution < -0.4 is 9.79 Å². The Morgan fingerprint density at radius 1 is 1.33 bits per heavy atom. The van der Waals surface area contributed by atoms with Gasteiger partial charge in [-0.3, -0.25) is 0 Å². The lowest BCUT2D eigenvalue weighted by Crippen LogP contribution is -2.18. The molecule has 0 aromatic heterocycles. The smallest absolute Gasteiger partial charge is 0.0524 e. The summed E-state index contributed by atoms with van der Waals surface area (Å²) in [6.45, 7) is 5.98. The first-order valence-corrected chi connectivity index (χ1v) is 3.79. The Morgan fingerprint density at radius 2 is 1.78 bits per heavy atom. The van der Waals surface area contributed by atoms with Crippen molar-refractivity contribution in [3.05, 3.63) is 0 Å². The van der Waals surface area contributed by atoms with Crippen molar-refractivity contribution in [3.8, 4) is 0 Å². The first-order valence-electron chi connectivity index (χ1n) is 2.69. The van der Waals surface area contributed by atoms with Gasteiger partial charge >= 0.3 is 0 Å². The van der Waals surface area contributed by atoms with Crippen LogP contribution in [0.2, 0.25) is 0 Å². The first-order chi connectivity index (χ1) is 3.92. The van der Waals surface area contributed by atoms with Crippen LogP contribution in [-0.4, -0.2) is 6.61 Å². The number of hydrogen-bond acceptors (Lipinski definition) is 3. The van der Waals surface area contributed by atoms with Gasteiger partial charge in [0.2, 0.25) is 0 Å². The second-order valence-electron chi connectivity index (χ2n) is 3.06. The summed E-state index contributed by atoms with van der Waals surface area (Å²) in [6.07, 6.45) is 0. The van der Waals surface area contributed by atoms with Crippen LogP contribution in [0.5, 0.6) is 0 Å². The molecule has 0 aromatic carbocycles. The van der Waals surface area contributed by atoms with Crippen molar-refractivity contribution in [2.75, 3.05) is 6.61 Å². The van der Waals surface area contributed by atoms with Crippen LogP contribution >= 0.6 is 8.60 Å². The standard InChI is InChI=1S/C5H11O3P/c1-5(2,3)4-8-9(6)7/h4H2,1-3H3/q-2. The molecule has 3 nitrogen and oxygen atoms in total. The summed E-state index contributed by atoms with van der Waals surface area (Å²) in [6, 6.07) is 0. The molecule has 0 aromatic rings. The van der Waals surface area contributed by atoms with Gasteiger partial charge in [-0.1, -0.05) is 20.8 Å². The fraction of sp³-hybridized carbons (Fsp3) is 1.00. The zero-order valence-corrected chi connectivity index (χ0v) is 6.77. The minimum absolute atomic E-state index is 0.0740. The van der Waals surface area contributed by atoms with Crippen LogP contribution in [0, 0.1) is 5.41 Å². The Balaban J connectivity index is 3.28. The molecule has 0 aliphatic rings. The molecule has 4 heteroatoms. The van der Waals surface area contributed by atoms with Crippen molar-refractivity contribution in [1.29, 1.82) is 0 Å². The van der Waals surface area contributed by atoms with Gasteiger partial charge in [-0.25, -0.2) is 0 Å². The second-order valence-corrected chi connectivity index (χ2v) is 3.76. The molecule has 0 atom stereocenters. The van der Waals surface area contributed by atoms with E-state index in [2.05, 4.69) is 4.52 Å². The lowest BCUT2D eigenvalue weighted by Gasteiger charge is -2.32. The van der Waals surface area contributed by atoms with E-state index >= 15 is 0 Å². The van der Waals surface area contributed by atoms with Crippen molar-refractivity contribution >= 4 is 8.60 Å². The molecule has 9 heavy (non-hydrogen) atoms. The van der Waals surface area contributed by atoms with Gasteiger partial charge in [0.25, 0.3) is 0 Å². The van der Waals surface area contributed by atoms with Crippen LogP contribution in [0.25, 0.3) is 0 Å². The van der Waals surface area contributed by atoms with Gasteiger partial charge < -0.3 is 14.3 Å². The van der Waals surface area contributed by atoms with Gasteiger partial charge in [-0.15, -0.1) is 0 Å². The summed E-state index contributed by atoms with van der Waals surface area (Å²) in [5.74, 6) is 0. The third kappa shape index (κ3) is 8.31. The molecular formula is C5H11O3P-2. The minimum Gasteiger partial charge on any atom is -0.820 e. The average Bonchev–Trinajstić information content (AvgIpc) is 1.59. The summed E-state index contributed by atoms with van der Waals surface area (Å²) in [7, 11) is -2.66. The molecule has 0 aliphatic carbocycles. The largest absolute Gasteiger partial charge is 0.820 e. The molecule has 0 spiro atoms. The van der Waals surface area contributed by atoms with Crippen LogP contribution in [-0.2, 0) is 4.52 Å². The third-order valence-electron chi connectivity index (χ3n) is 0.603. The van der Waals surface area contributed by atoms with E-state index in [1.54, 1.807) is 0 Å². The van der Waals surface area contributed by atoms with Gasteiger partial charge in [-0.2, -0.15) is 8.60 Å². The van der Waals surface area contributed by atoms with Crippen molar-refractivity contribution in [3.63, 3.8) is 0 Å². The minimum atomic E-state index is -2.66. The van der Waals surface area contributed by atoms with Gasteiger partial charge in [0.15, 0.2) is 0 Å². The Morgan fingerprint density at radius 3 is 1.89 bits per heavy atom. The SMILES string of the molecule is CC(C)(C)COP([O-])[O-]. The summed E-state index contributed by atoms with van der Waals surface area (Å²) < 4.78 is 4.36. The molecule has 0 heterocycles. The maximum atomic E-state index is 9.86. The third-order valence-corrected chi connectivity index (χ3v) is 0.943. The molecule has 0 rings (SSSR count). The summed E-state index contributed by atoms with van der Waals surface area (Å²) in [5, 5.41) is 0. The molecule has 0 saturated carbocycles. The monoisotopic (exact) mass is 150 g/mol. The van der Waals surface area contributed by atoms with Crippen LogP contribution in [0.3, 0.4) is 0 Å². The van der Waals surface area contributed by atoms with Gasteiger partial charge in [-0.05, 0) is 5.41 Å². The van der Waals surface area contributed by atoms with E-state index < -0.39 is 8.60 Å². The van der Waals surface area contributed by atoms with Crippen LogP contribution in [0.4, 0.5) is 0 Å². The molecule has 0 amide bonds. The lowest BCUT2D eigenvalue weighted by atomic mass is 9.99. The fourth-order valence-corrected chi connectivity index (χ4v) is 0.739. The van der Waals surface area contributed by atoms with Gasteiger partial charge in [0.05, 0.1) is 6.61 Å². The highest BCUT2D eigenvalue weighted by atomic mass is 31.2. The van der Waals surface area contributed by atoms with E-state index in [1.807, 2.05) is 20.8 Å². The molecule has 0 aliphatic heterocycles. The highest BCUT2D eigenvalue weighted by Crippen LogP contribution is 2.21. The van der Waals surface area contributed by atoms with E-state index in [4.69, 9.17) is 0 Å². The zero-order chi connectivity index (χ0) is 7.49. The average molecular weight is 150 g/mol. The highest BCUT2D eigenvalue weighted by Gasteiger charge is 2.08. The molecule has 0 N–H and O–H groups in total.